The van der Waals surface area contributed by atoms with Gasteiger partial charge in [0.2, 0.25) is 0 Å². The first kappa shape index (κ1) is 15.1. The van der Waals surface area contributed by atoms with E-state index in [4.69, 9.17) is 15.2 Å². The van der Waals surface area contributed by atoms with Crippen LogP contribution < -0.4 is 5.73 Å². The van der Waals surface area contributed by atoms with E-state index >= 15 is 0 Å². The highest BCUT2D eigenvalue weighted by atomic mass is 16.6. The summed E-state index contributed by atoms with van der Waals surface area (Å²) in [5.74, 6) is -0.396. The maximum Gasteiger partial charge on any atom is 0.411 e. The van der Waals surface area contributed by atoms with Gasteiger partial charge >= 0.3 is 12.1 Å². The van der Waals surface area contributed by atoms with Crippen LogP contribution in [0.5, 0.6) is 0 Å². The number of piperidine rings is 1. The SMILES string of the molecule is CCOC(=O)[C@@H]1C2CC(C[C@@H]2N)N1C(=O)OC(C)(C)C. The third-order valence-corrected chi connectivity index (χ3v) is 3.87. The molecule has 2 N–H and O–H groups in total. The Hall–Kier alpha value is -1.30. The minimum absolute atomic E-state index is 0.0146. The smallest absolute Gasteiger partial charge is 0.411 e. The van der Waals surface area contributed by atoms with Crippen LogP contribution in [0.4, 0.5) is 4.79 Å². The molecule has 1 heterocycles. The summed E-state index contributed by atoms with van der Waals surface area (Å²) in [7, 11) is 0. The van der Waals surface area contributed by atoms with Gasteiger partial charge in [-0.25, -0.2) is 9.59 Å². The van der Waals surface area contributed by atoms with E-state index < -0.39 is 17.7 Å². The first-order valence-corrected chi connectivity index (χ1v) is 7.18. The van der Waals surface area contributed by atoms with Crippen LogP contribution >= 0.6 is 0 Å². The molecule has 1 aliphatic heterocycles. The van der Waals surface area contributed by atoms with Crippen molar-refractivity contribution < 1.29 is 19.1 Å². The lowest BCUT2D eigenvalue weighted by Crippen LogP contribution is -2.55. The number of hydrogen-bond donors (Lipinski definition) is 1. The van der Waals surface area contributed by atoms with Gasteiger partial charge in [-0.2, -0.15) is 0 Å². The predicted octanol–water partition coefficient (Wildman–Crippen LogP) is 1.27. The summed E-state index contributed by atoms with van der Waals surface area (Å²) < 4.78 is 10.5. The second-order valence-electron chi connectivity index (χ2n) is 6.54. The molecule has 0 radical (unpaired) electrons. The van der Waals surface area contributed by atoms with Crippen LogP contribution in [0.15, 0.2) is 0 Å². The quantitative estimate of drug-likeness (QED) is 0.772. The number of esters is 1. The zero-order valence-electron chi connectivity index (χ0n) is 12.6. The summed E-state index contributed by atoms with van der Waals surface area (Å²) in [6, 6.07) is -0.661. The second kappa shape index (κ2) is 5.24. The van der Waals surface area contributed by atoms with Crippen LogP contribution in [0.2, 0.25) is 0 Å². The third-order valence-electron chi connectivity index (χ3n) is 3.87. The van der Waals surface area contributed by atoms with Gasteiger partial charge in [0.25, 0.3) is 0 Å². The molecule has 0 aromatic carbocycles. The average molecular weight is 284 g/mol. The van der Waals surface area contributed by atoms with E-state index in [0.29, 0.717) is 6.61 Å². The molecule has 1 saturated carbocycles. The van der Waals surface area contributed by atoms with Gasteiger partial charge in [0.15, 0.2) is 0 Å². The average Bonchev–Trinajstić information content (AvgIpc) is 2.82. The van der Waals surface area contributed by atoms with Gasteiger partial charge in [0.1, 0.15) is 11.6 Å². The molecule has 6 heteroatoms. The lowest BCUT2D eigenvalue weighted by atomic mass is 9.94. The van der Waals surface area contributed by atoms with Gasteiger partial charge in [0.05, 0.1) is 6.61 Å². The first-order chi connectivity index (χ1) is 9.24. The summed E-state index contributed by atoms with van der Waals surface area (Å²) in [5, 5.41) is 0. The highest BCUT2D eigenvalue weighted by molar-refractivity contribution is 5.83. The molecule has 2 bridgehead atoms. The van der Waals surface area contributed by atoms with Crippen LogP contribution in [0.3, 0.4) is 0 Å². The minimum Gasteiger partial charge on any atom is -0.464 e. The van der Waals surface area contributed by atoms with Gasteiger partial charge in [-0.3, -0.25) is 4.90 Å². The lowest BCUT2D eigenvalue weighted by Gasteiger charge is -2.37. The molecule has 6 nitrogen and oxygen atoms in total. The van der Waals surface area contributed by atoms with Gasteiger partial charge in [0, 0.05) is 18.0 Å². The Kier molecular flexibility index (Phi) is 3.95. The van der Waals surface area contributed by atoms with Gasteiger partial charge in [-0.15, -0.1) is 0 Å². The predicted molar refractivity (Wildman–Crippen MR) is 73.0 cm³/mol. The number of rotatable bonds is 2. The van der Waals surface area contributed by atoms with Crippen LogP contribution in [0.25, 0.3) is 0 Å². The monoisotopic (exact) mass is 284 g/mol. The van der Waals surface area contributed by atoms with Crippen molar-refractivity contribution in [3.05, 3.63) is 0 Å². The van der Waals surface area contributed by atoms with Crippen molar-refractivity contribution in [1.82, 2.24) is 4.90 Å². The molecule has 2 aliphatic rings. The number of carbonyl (C=O) groups excluding carboxylic acids is 2. The number of hydrogen-bond acceptors (Lipinski definition) is 5. The molecule has 1 amide bonds. The van der Waals surface area contributed by atoms with Crippen LogP contribution in [-0.4, -0.2) is 47.3 Å². The molecular weight excluding hydrogens is 260 g/mol. The van der Waals surface area contributed by atoms with Crippen molar-refractivity contribution in [2.75, 3.05) is 6.61 Å². The van der Waals surface area contributed by atoms with E-state index in [0.717, 1.165) is 12.8 Å². The molecule has 2 rings (SSSR count). The van der Waals surface area contributed by atoms with E-state index in [1.54, 1.807) is 6.92 Å². The Balaban J connectivity index is 2.17. The lowest BCUT2D eigenvalue weighted by molar-refractivity contribution is -0.151. The Morgan fingerprint density at radius 3 is 2.50 bits per heavy atom. The van der Waals surface area contributed by atoms with E-state index in [9.17, 15) is 9.59 Å². The van der Waals surface area contributed by atoms with Crippen LogP contribution in [0.1, 0.15) is 40.5 Å². The Bertz CT molecular complexity index is 404. The Morgan fingerprint density at radius 2 is 1.95 bits per heavy atom. The highest BCUT2D eigenvalue weighted by Gasteiger charge is 2.56. The van der Waals surface area contributed by atoms with Crippen LogP contribution in [0, 0.1) is 5.92 Å². The molecular formula is C14H24N2O4. The standard InChI is InChI=1S/C14H24N2O4/c1-5-19-12(17)11-9-6-8(7-10(9)15)16(11)13(18)20-14(2,3)4/h8-11H,5-7,15H2,1-4H3/t8?,9?,10-,11-/m0/s1. The number of fused-ring (bicyclic) bond motifs is 2. The number of amides is 1. The number of likely N-dealkylation sites (tertiary alicyclic amines) is 1. The molecule has 0 aromatic rings. The number of carbonyl (C=O) groups is 2. The largest absolute Gasteiger partial charge is 0.464 e. The normalized spacial score (nSPS) is 32.4. The van der Waals surface area contributed by atoms with Crippen molar-refractivity contribution in [2.24, 2.45) is 11.7 Å². The molecule has 114 valence electrons. The molecule has 2 unspecified atom stereocenters. The Morgan fingerprint density at radius 1 is 1.30 bits per heavy atom. The summed E-state index contributed by atoms with van der Waals surface area (Å²) in [4.78, 5) is 26.0. The van der Waals surface area contributed by atoms with Crippen molar-refractivity contribution in [2.45, 2.75) is 64.3 Å². The molecule has 2 fully saturated rings. The zero-order chi connectivity index (χ0) is 15.1. The number of nitrogens with zero attached hydrogens (tertiary/aromatic N) is 1. The Labute approximate surface area is 119 Å². The molecule has 0 spiro atoms. The van der Waals surface area contributed by atoms with E-state index in [1.807, 2.05) is 20.8 Å². The van der Waals surface area contributed by atoms with Crippen molar-refractivity contribution in [3.8, 4) is 0 Å². The van der Waals surface area contributed by atoms with E-state index in [1.165, 1.54) is 4.90 Å². The fourth-order valence-electron chi connectivity index (χ4n) is 3.19. The maximum absolute atomic E-state index is 12.3. The molecule has 4 atom stereocenters. The summed E-state index contributed by atoms with van der Waals surface area (Å²) in [6.07, 6.45) is 1.03. The van der Waals surface area contributed by atoms with Gasteiger partial charge < -0.3 is 15.2 Å². The first-order valence-electron chi connectivity index (χ1n) is 7.18. The fourth-order valence-corrected chi connectivity index (χ4v) is 3.19. The summed E-state index contributed by atoms with van der Waals surface area (Å²) in [6.45, 7) is 7.48. The van der Waals surface area contributed by atoms with Crippen molar-refractivity contribution in [3.63, 3.8) is 0 Å². The molecule has 1 aliphatic carbocycles. The number of nitrogens with two attached hydrogens (primary N) is 1. The summed E-state index contributed by atoms with van der Waals surface area (Å²) in [5.41, 5.74) is 5.46. The molecule has 1 saturated heterocycles. The van der Waals surface area contributed by atoms with Gasteiger partial charge in [-0.05, 0) is 40.5 Å². The highest BCUT2D eigenvalue weighted by Crippen LogP contribution is 2.42. The third kappa shape index (κ3) is 2.75. The second-order valence-corrected chi connectivity index (χ2v) is 6.54. The van der Waals surface area contributed by atoms with E-state index in [2.05, 4.69) is 0 Å². The maximum atomic E-state index is 12.3. The zero-order valence-corrected chi connectivity index (χ0v) is 12.6. The minimum atomic E-state index is -0.599. The summed E-state index contributed by atoms with van der Waals surface area (Å²) >= 11 is 0. The van der Waals surface area contributed by atoms with E-state index in [-0.39, 0.29) is 24.0 Å². The van der Waals surface area contributed by atoms with Crippen molar-refractivity contribution in [1.29, 1.82) is 0 Å². The van der Waals surface area contributed by atoms with Crippen LogP contribution in [-0.2, 0) is 14.3 Å². The number of ether oxygens (including phenoxy) is 2. The fraction of sp³-hybridized carbons (Fsp3) is 0.857. The topological polar surface area (TPSA) is 81.9 Å². The molecule has 20 heavy (non-hydrogen) atoms. The van der Waals surface area contributed by atoms with Crippen molar-refractivity contribution >= 4 is 12.1 Å². The molecule has 0 aromatic heterocycles. The van der Waals surface area contributed by atoms with Gasteiger partial charge in [-0.1, -0.05) is 0 Å².